The fraction of sp³-hybridized carbons (Fsp3) is 0.375. The highest BCUT2D eigenvalue weighted by atomic mass is 32.2. The maximum Gasteiger partial charge on any atom is 0.185 e. The summed E-state index contributed by atoms with van der Waals surface area (Å²) in [5.41, 5.74) is 1.75. The van der Waals surface area contributed by atoms with Gasteiger partial charge in [-0.05, 0) is 45.2 Å². The highest BCUT2D eigenvalue weighted by Gasteiger charge is 2.27. The molecule has 0 saturated heterocycles. The predicted molar refractivity (Wildman–Crippen MR) is 81.0 cm³/mol. The van der Waals surface area contributed by atoms with Crippen LogP contribution in [0.5, 0.6) is 0 Å². The van der Waals surface area contributed by atoms with E-state index in [-0.39, 0.29) is 0 Å². The molecule has 104 valence electrons. The van der Waals surface area contributed by atoms with Crippen molar-refractivity contribution in [2.45, 2.75) is 43.3 Å². The van der Waals surface area contributed by atoms with Crippen molar-refractivity contribution < 1.29 is 8.42 Å². The quantitative estimate of drug-likeness (QED) is 0.556. The maximum atomic E-state index is 12.6. The van der Waals surface area contributed by atoms with Crippen molar-refractivity contribution in [3.8, 4) is 0 Å². The lowest BCUT2D eigenvalue weighted by atomic mass is 10.1. The van der Waals surface area contributed by atoms with Gasteiger partial charge in [-0.2, -0.15) is 0 Å². The molecule has 19 heavy (non-hydrogen) atoms. The predicted octanol–water partition coefficient (Wildman–Crippen LogP) is 4.07. The Morgan fingerprint density at radius 1 is 1.32 bits per heavy atom. The van der Waals surface area contributed by atoms with Crippen LogP contribution in [0.15, 0.2) is 54.0 Å². The molecule has 1 unspecified atom stereocenters. The highest BCUT2D eigenvalue weighted by Crippen LogP contribution is 2.25. The van der Waals surface area contributed by atoms with E-state index >= 15 is 0 Å². The number of aryl methyl sites for hydroxylation is 1. The average Bonchev–Trinajstić information content (AvgIpc) is 2.34. The molecule has 1 aromatic carbocycles. The topological polar surface area (TPSA) is 34.1 Å². The van der Waals surface area contributed by atoms with E-state index in [0.717, 1.165) is 18.4 Å². The van der Waals surface area contributed by atoms with Gasteiger partial charge < -0.3 is 0 Å². The third-order valence-electron chi connectivity index (χ3n) is 3.15. The molecular weight excluding hydrogens is 256 g/mol. The van der Waals surface area contributed by atoms with E-state index in [1.54, 1.807) is 19.1 Å². The molecule has 1 atom stereocenters. The molecule has 0 radical (unpaired) electrons. The van der Waals surface area contributed by atoms with Crippen molar-refractivity contribution in [1.82, 2.24) is 0 Å². The number of unbranched alkanes of at least 4 members (excludes halogenated alkanes) is 1. The van der Waals surface area contributed by atoms with E-state index < -0.39 is 15.1 Å². The summed E-state index contributed by atoms with van der Waals surface area (Å²) in [6, 6.07) is 7.00. The molecule has 0 saturated carbocycles. The summed E-state index contributed by atoms with van der Waals surface area (Å²) in [6.07, 6.45) is 4.05. The van der Waals surface area contributed by atoms with Gasteiger partial charge in [-0.3, -0.25) is 0 Å². The fourth-order valence-corrected chi connectivity index (χ4v) is 3.86. The van der Waals surface area contributed by atoms with Crippen molar-refractivity contribution >= 4 is 9.84 Å². The van der Waals surface area contributed by atoms with Crippen LogP contribution in [0.25, 0.3) is 0 Å². The SMILES string of the molecule is C=CCCCC(C(=C)C)S(=O)(=O)c1ccc(C)cc1. The fourth-order valence-electron chi connectivity index (χ4n) is 2.01. The molecule has 0 heterocycles. The van der Waals surface area contributed by atoms with Gasteiger partial charge in [0.25, 0.3) is 0 Å². The molecule has 0 bridgehead atoms. The van der Waals surface area contributed by atoms with Crippen LogP contribution in [-0.2, 0) is 9.84 Å². The lowest BCUT2D eigenvalue weighted by Gasteiger charge is -2.17. The van der Waals surface area contributed by atoms with E-state index in [1.165, 1.54) is 0 Å². The molecule has 0 aliphatic carbocycles. The lowest BCUT2D eigenvalue weighted by Crippen LogP contribution is -2.22. The van der Waals surface area contributed by atoms with Gasteiger partial charge in [-0.1, -0.05) is 35.9 Å². The van der Waals surface area contributed by atoms with Gasteiger partial charge in [0, 0.05) is 0 Å². The average molecular weight is 278 g/mol. The van der Waals surface area contributed by atoms with Crippen LogP contribution < -0.4 is 0 Å². The van der Waals surface area contributed by atoms with E-state index in [9.17, 15) is 8.42 Å². The Morgan fingerprint density at radius 2 is 1.89 bits per heavy atom. The Morgan fingerprint density at radius 3 is 2.37 bits per heavy atom. The van der Waals surface area contributed by atoms with Gasteiger partial charge in [-0.15, -0.1) is 6.58 Å². The molecule has 0 amide bonds. The van der Waals surface area contributed by atoms with Crippen LogP contribution in [0.3, 0.4) is 0 Å². The number of hydrogen-bond acceptors (Lipinski definition) is 2. The Hall–Kier alpha value is -1.35. The molecule has 0 spiro atoms. The largest absolute Gasteiger partial charge is 0.223 e. The van der Waals surface area contributed by atoms with E-state index in [2.05, 4.69) is 13.2 Å². The summed E-state index contributed by atoms with van der Waals surface area (Å²) in [5.74, 6) is 0. The molecule has 1 aromatic rings. The summed E-state index contributed by atoms with van der Waals surface area (Å²) in [6.45, 7) is 11.2. The molecule has 0 fully saturated rings. The number of rotatable bonds is 7. The Bertz CT molecular complexity index is 539. The van der Waals surface area contributed by atoms with Gasteiger partial charge >= 0.3 is 0 Å². The standard InChI is InChI=1S/C16H22O2S/c1-5-6-7-8-16(13(2)3)19(17,18)15-11-9-14(4)10-12-15/h5,9-12,16H,1-2,6-8H2,3-4H3. The maximum absolute atomic E-state index is 12.6. The Labute approximate surface area is 116 Å². The van der Waals surface area contributed by atoms with Crippen molar-refractivity contribution in [2.24, 2.45) is 0 Å². The minimum Gasteiger partial charge on any atom is -0.223 e. The number of allylic oxidation sites excluding steroid dienone is 1. The smallest absolute Gasteiger partial charge is 0.185 e. The van der Waals surface area contributed by atoms with Gasteiger partial charge in [0.2, 0.25) is 0 Å². The van der Waals surface area contributed by atoms with Crippen LogP contribution in [0, 0.1) is 6.92 Å². The van der Waals surface area contributed by atoms with Crippen LogP contribution >= 0.6 is 0 Å². The zero-order valence-electron chi connectivity index (χ0n) is 11.7. The first kappa shape index (κ1) is 15.7. The second kappa shape index (κ2) is 6.71. The number of sulfone groups is 1. The lowest BCUT2D eigenvalue weighted by molar-refractivity contribution is 0.577. The minimum atomic E-state index is -3.33. The first-order valence-corrected chi connectivity index (χ1v) is 8.01. The minimum absolute atomic E-state index is 0.379. The van der Waals surface area contributed by atoms with Crippen molar-refractivity contribution in [2.75, 3.05) is 0 Å². The summed E-state index contributed by atoms with van der Waals surface area (Å²) in [7, 11) is -3.33. The molecule has 0 aliphatic rings. The Balaban J connectivity index is 3.02. The molecule has 1 rings (SSSR count). The molecule has 0 N–H and O–H groups in total. The zero-order valence-corrected chi connectivity index (χ0v) is 12.5. The highest BCUT2D eigenvalue weighted by molar-refractivity contribution is 7.92. The van der Waals surface area contributed by atoms with E-state index in [1.807, 2.05) is 25.1 Å². The second-order valence-corrected chi connectivity index (χ2v) is 7.04. The monoisotopic (exact) mass is 278 g/mol. The number of hydrogen-bond donors (Lipinski definition) is 0. The van der Waals surface area contributed by atoms with Crippen LogP contribution in [0.2, 0.25) is 0 Å². The molecular formula is C16H22O2S. The summed E-state index contributed by atoms with van der Waals surface area (Å²) in [4.78, 5) is 0.379. The summed E-state index contributed by atoms with van der Waals surface area (Å²) >= 11 is 0. The zero-order chi connectivity index (χ0) is 14.5. The second-order valence-electron chi connectivity index (χ2n) is 4.91. The third kappa shape index (κ3) is 4.06. The van der Waals surface area contributed by atoms with Crippen LogP contribution in [0.4, 0.5) is 0 Å². The van der Waals surface area contributed by atoms with Crippen molar-refractivity contribution in [3.63, 3.8) is 0 Å². The van der Waals surface area contributed by atoms with Gasteiger partial charge in [0.05, 0.1) is 10.1 Å². The summed E-state index contributed by atoms with van der Waals surface area (Å²) in [5, 5.41) is -0.504. The van der Waals surface area contributed by atoms with Crippen LogP contribution in [-0.4, -0.2) is 13.7 Å². The van der Waals surface area contributed by atoms with Crippen molar-refractivity contribution in [3.05, 3.63) is 54.6 Å². The first-order valence-electron chi connectivity index (χ1n) is 6.46. The normalized spacial score (nSPS) is 12.9. The molecule has 0 aromatic heterocycles. The molecule has 0 aliphatic heterocycles. The molecule has 2 nitrogen and oxygen atoms in total. The summed E-state index contributed by atoms with van der Waals surface area (Å²) < 4.78 is 25.2. The Kier molecular flexibility index (Phi) is 5.55. The van der Waals surface area contributed by atoms with Crippen LogP contribution in [0.1, 0.15) is 31.7 Å². The van der Waals surface area contributed by atoms with Gasteiger partial charge in [-0.25, -0.2) is 8.42 Å². The first-order chi connectivity index (χ1) is 8.89. The molecule has 3 heteroatoms. The van der Waals surface area contributed by atoms with E-state index in [0.29, 0.717) is 16.9 Å². The van der Waals surface area contributed by atoms with Crippen molar-refractivity contribution in [1.29, 1.82) is 0 Å². The van der Waals surface area contributed by atoms with Gasteiger partial charge in [0.15, 0.2) is 9.84 Å². The van der Waals surface area contributed by atoms with Gasteiger partial charge in [0.1, 0.15) is 0 Å². The third-order valence-corrected chi connectivity index (χ3v) is 5.46. The number of benzene rings is 1. The van der Waals surface area contributed by atoms with E-state index in [4.69, 9.17) is 0 Å².